The van der Waals surface area contributed by atoms with Crippen molar-refractivity contribution in [1.82, 2.24) is 0 Å². The number of aryl methyl sites for hydroxylation is 1. The first kappa shape index (κ1) is 13.6. The van der Waals surface area contributed by atoms with Crippen LogP contribution in [0.15, 0.2) is 30.3 Å². The molecule has 0 bridgehead atoms. The second-order valence-electron chi connectivity index (χ2n) is 4.24. The fourth-order valence-corrected chi connectivity index (χ4v) is 5.23. The first-order valence-electron chi connectivity index (χ1n) is 5.99. The summed E-state index contributed by atoms with van der Waals surface area (Å²) < 4.78 is 21.5. The van der Waals surface area contributed by atoms with E-state index in [2.05, 4.69) is 19.1 Å². The predicted octanol–water partition coefficient (Wildman–Crippen LogP) is 3.28. The summed E-state index contributed by atoms with van der Waals surface area (Å²) in [7, 11) is 0. The Kier molecular flexibility index (Phi) is 5.93. The predicted molar refractivity (Wildman–Crippen MR) is 67.9 cm³/mol. The molecule has 1 aromatic rings. The maximum absolute atomic E-state index is 11.8. The first-order valence-corrected chi connectivity index (χ1v) is 10.2. The molecule has 0 saturated heterocycles. The number of hydrogen-bond donors (Lipinski definition) is 1. The van der Waals surface area contributed by atoms with Crippen LogP contribution in [0.1, 0.15) is 31.7 Å². The molecule has 16 heavy (non-hydrogen) atoms. The third-order valence-corrected chi connectivity index (χ3v) is 6.94. The number of hydrogen-bond acceptors (Lipinski definition) is 1. The van der Waals surface area contributed by atoms with Gasteiger partial charge in [-0.1, -0.05) is 0 Å². The maximum atomic E-state index is 11.8. The van der Waals surface area contributed by atoms with Crippen molar-refractivity contribution in [2.45, 2.75) is 43.0 Å². The fourth-order valence-electron chi connectivity index (χ4n) is 1.69. The molecule has 0 aliphatic rings. The van der Waals surface area contributed by atoms with Gasteiger partial charge in [0.25, 0.3) is 0 Å². The van der Waals surface area contributed by atoms with Gasteiger partial charge in [-0.2, -0.15) is 0 Å². The minimum atomic E-state index is -3.46. The first-order chi connectivity index (χ1) is 7.64. The molecular weight excluding hydrogens is 263 g/mol. The van der Waals surface area contributed by atoms with Crippen LogP contribution in [0.5, 0.6) is 0 Å². The Hall–Kier alpha value is -0.462. The SMILES string of the molecule is CCCC[As](=O)(O)CCCc1ccccc1. The van der Waals surface area contributed by atoms with Crippen LogP contribution in [-0.2, 0) is 10.2 Å². The Morgan fingerprint density at radius 1 is 1.12 bits per heavy atom. The zero-order valence-electron chi connectivity index (χ0n) is 9.93. The van der Waals surface area contributed by atoms with E-state index < -0.39 is 13.8 Å². The standard InChI is InChI=1S/C13H21AsO2/c1-2-3-11-14(15,16)12-7-10-13-8-5-4-6-9-13/h4-6,8-9H,2-3,7,10-12H2,1H3,(H,15,16). The zero-order valence-corrected chi connectivity index (χ0v) is 11.8. The van der Waals surface area contributed by atoms with Crippen molar-refractivity contribution in [3.05, 3.63) is 35.9 Å². The molecule has 3 heteroatoms. The number of benzene rings is 1. The van der Waals surface area contributed by atoms with E-state index in [0.29, 0.717) is 10.4 Å². The van der Waals surface area contributed by atoms with Crippen LogP contribution < -0.4 is 0 Å². The van der Waals surface area contributed by atoms with Crippen molar-refractivity contribution in [3.8, 4) is 0 Å². The molecule has 1 aromatic carbocycles. The Balaban J connectivity index is 2.27. The third kappa shape index (κ3) is 5.58. The molecule has 0 amide bonds. The Bertz CT molecular complexity index is 335. The van der Waals surface area contributed by atoms with E-state index in [1.54, 1.807) is 0 Å². The van der Waals surface area contributed by atoms with E-state index in [4.69, 9.17) is 0 Å². The summed E-state index contributed by atoms with van der Waals surface area (Å²) in [6, 6.07) is 10.2. The Morgan fingerprint density at radius 3 is 2.38 bits per heavy atom. The molecule has 0 fully saturated rings. The normalized spacial score (nSPS) is 14.6. The summed E-state index contributed by atoms with van der Waals surface area (Å²) in [4.78, 5) is 0. The summed E-state index contributed by atoms with van der Waals surface area (Å²) in [5.74, 6) is 0. The van der Waals surface area contributed by atoms with E-state index in [0.717, 1.165) is 25.7 Å². The average Bonchev–Trinajstić information content (AvgIpc) is 2.28. The topological polar surface area (TPSA) is 37.3 Å². The molecule has 2 nitrogen and oxygen atoms in total. The second-order valence-corrected chi connectivity index (χ2v) is 9.66. The van der Waals surface area contributed by atoms with E-state index in [1.165, 1.54) is 5.56 Å². The van der Waals surface area contributed by atoms with Crippen molar-refractivity contribution in [2.24, 2.45) is 0 Å². The molecule has 1 atom stereocenters. The van der Waals surface area contributed by atoms with Crippen LogP contribution in [-0.4, -0.2) is 17.9 Å². The monoisotopic (exact) mass is 284 g/mol. The van der Waals surface area contributed by atoms with Crippen molar-refractivity contribution >= 4 is 13.8 Å². The molecule has 1 unspecified atom stereocenters. The van der Waals surface area contributed by atoms with Gasteiger partial charge in [-0.25, -0.2) is 0 Å². The van der Waals surface area contributed by atoms with Gasteiger partial charge in [0.2, 0.25) is 0 Å². The van der Waals surface area contributed by atoms with Crippen LogP contribution in [0, 0.1) is 0 Å². The summed E-state index contributed by atoms with van der Waals surface area (Å²) in [5.41, 5.74) is 1.26. The molecule has 0 aromatic heterocycles. The van der Waals surface area contributed by atoms with Gasteiger partial charge in [-0.15, -0.1) is 0 Å². The summed E-state index contributed by atoms with van der Waals surface area (Å²) in [6.45, 7) is 2.06. The second kappa shape index (κ2) is 6.98. The van der Waals surface area contributed by atoms with Crippen LogP contribution in [0.25, 0.3) is 0 Å². The van der Waals surface area contributed by atoms with Crippen LogP contribution >= 0.6 is 0 Å². The molecule has 0 saturated carbocycles. The van der Waals surface area contributed by atoms with Gasteiger partial charge in [-0.05, 0) is 0 Å². The van der Waals surface area contributed by atoms with Gasteiger partial charge >= 0.3 is 101 Å². The molecule has 90 valence electrons. The van der Waals surface area contributed by atoms with Crippen LogP contribution in [0.4, 0.5) is 0 Å². The van der Waals surface area contributed by atoms with Crippen LogP contribution in [0.2, 0.25) is 10.4 Å². The van der Waals surface area contributed by atoms with Crippen molar-refractivity contribution in [1.29, 1.82) is 0 Å². The molecule has 0 heterocycles. The number of rotatable bonds is 7. The van der Waals surface area contributed by atoms with E-state index >= 15 is 0 Å². The Morgan fingerprint density at radius 2 is 1.75 bits per heavy atom. The molecular formula is C13H21AsO2. The summed E-state index contributed by atoms with van der Waals surface area (Å²) in [5, 5.41) is 1.07. The van der Waals surface area contributed by atoms with E-state index in [-0.39, 0.29) is 0 Å². The summed E-state index contributed by atoms with van der Waals surface area (Å²) in [6.07, 6.45) is 3.64. The van der Waals surface area contributed by atoms with Crippen molar-refractivity contribution < 1.29 is 7.84 Å². The average molecular weight is 284 g/mol. The summed E-state index contributed by atoms with van der Waals surface area (Å²) >= 11 is -3.46. The van der Waals surface area contributed by atoms with Crippen LogP contribution in [0.3, 0.4) is 0 Å². The molecule has 0 spiro atoms. The molecule has 1 N–H and O–H groups in total. The molecule has 0 radical (unpaired) electrons. The van der Waals surface area contributed by atoms with Gasteiger partial charge in [0.05, 0.1) is 0 Å². The van der Waals surface area contributed by atoms with E-state index in [1.807, 2.05) is 18.2 Å². The van der Waals surface area contributed by atoms with Gasteiger partial charge < -0.3 is 0 Å². The molecule has 1 rings (SSSR count). The van der Waals surface area contributed by atoms with E-state index in [9.17, 15) is 7.84 Å². The number of unbranched alkanes of at least 4 members (excludes halogenated alkanes) is 1. The molecule has 0 aliphatic heterocycles. The van der Waals surface area contributed by atoms with Crippen molar-refractivity contribution in [3.63, 3.8) is 0 Å². The minimum absolute atomic E-state index is 0.521. The van der Waals surface area contributed by atoms with Gasteiger partial charge in [0, 0.05) is 0 Å². The van der Waals surface area contributed by atoms with Gasteiger partial charge in [-0.3, -0.25) is 0 Å². The Labute approximate surface area is 101 Å². The van der Waals surface area contributed by atoms with Gasteiger partial charge in [0.1, 0.15) is 0 Å². The van der Waals surface area contributed by atoms with Gasteiger partial charge in [0.15, 0.2) is 0 Å². The fraction of sp³-hybridized carbons (Fsp3) is 0.538. The quantitative estimate of drug-likeness (QED) is 0.780. The van der Waals surface area contributed by atoms with Crippen molar-refractivity contribution in [2.75, 3.05) is 0 Å². The third-order valence-electron chi connectivity index (χ3n) is 2.68. The molecule has 0 aliphatic carbocycles. The zero-order chi connectivity index (χ0) is 11.9.